The van der Waals surface area contributed by atoms with Gasteiger partial charge in [-0.1, -0.05) is 0 Å². The number of primary amides is 1. The molecule has 3 atom stereocenters. The maximum Gasteiger partial charge on any atom is 0.421 e. The molecular formula is C17H19F4N7O. The van der Waals surface area contributed by atoms with Gasteiger partial charge in [0.05, 0.1) is 5.69 Å². The van der Waals surface area contributed by atoms with E-state index in [4.69, 9.17) is 11.5 Å². The molecule has 2 aromatic heterocycles. The Bertz CT molecular complexity index is 892. The number of aromatic nitrogens is 3. The van der Waals surface area contributed by atoms with E-state index in [1.165, 1.54) is 18.3 Å². The minimum absolute atomic E-state index is 0.0281. The molecule has 6 N–H and O–H groups in total. The second kappa shape index (κ2) is 8.15. The summed E-state index contributed by atoms with van der Waals surface area (Å²) in [4.78, 5) is 22.8. The van der Waals surface area contributed by atoms with E-state index in [1.807, 2.05) is 0 Å². The Kier molecular flexibility index (Phi) is 5.82. The lowest BCUT2D eigenvalue weighted by Crippen LogP contribution is -2.42. The number of hydrogen-bond donors (Lipinski definition) is 4. The molecule has 0 bridgehead atoms. The first-order valence-electron chi connectivity index (χ1n) is 8.77. The number of anilines is 3. The summed E-state index contributed by atoms with van der Waals surface area (Å²) in [5.41, 5.74) is 9.79. The molecule has 1 amide bonds. The highest BCUT2D eigenvalue weighted by atomic mass is 19.4. The predicted molar refractivity (Wildman–Crippen MR) is 97.2 cm³/mol. The quantitative estimate of drug-likeness (QED) is 0.553. The lowest BCUT2D eigenvalue weighted by molar-refractivity contribution is -0.137. The summed E-state index contributed by atoms with van der Waals surface area (Å²) in [6, 6.07) is 1.77. The van der Waals surface area contributed by atoms with Crippen LogP contribution in [0.25, 0.3) is 0 Å². The molecule has 0 unspecified atom stereocenters. The second-order valence-electron chi connectivity index (χ2n) is 6.68. The SMILES string of the molecule is NC(=O)c1ncccc1Nc1ncc(C(F)(F)F)c(N[C@@H]2CC[C@H](N)[C@@H](F)C2)n1. The maximum absolute atomic E-state index is 13.9. The number of hydrogen-bond acceptors (Lipinski definition) is 7. The summed E-state index contributed by atoms with van der Waals surface area (Å²) in [7, 11) is 0. The van der Waals surface area contributed by atoms with Crippen molar-refractivity contribution in [2.24, 2.45) is 11.5 Å². The summed E-state index contributed by atoms with van der Waals surface area (Å²) in [5.74, 6) is -1.53. The number of pyridine rings is 1. The van der Waals surface area contributed by atoms with Crippen molar-refractivity contribution >= 4 is 23.4 Å². The highest BCUT2D eigenvalue weighted by Gasteiger charge is 2.37. The number of alkyl halides is 4. The smallest absolute Gasteiger partial charge is 0.367 e. The molecule has 8 nitrogen and oxygen atoms in total. The van der Waals surface area contributed by atoms with Crippen LogP contribution in [-0.2, 0) is 6.18 Å². The second-order valence-corrected chi connectivity index (χ2v) is 6.68. The van der Waals surface area contributed by atoms with Gasteiger partial charge in [0.2, 0.25) is 5.95 Å². The van der Waals surface area contributed by atoms with Crippen LogP contribution in [0, 0.1) is 0 Å². The average Bonchev–Trinajstić information content (AvgIpc) is 2.64. The first kappa shape index (κ1) is 20.7. The van der Waals surface area contributed by atoms with Crippen molar-refractivity contribution in [2.45, 2.75) is 43.7 Å². The standard InChI is InChI=1S/C17H19F4N7O/c18-10-6-8(3-4-11(10)22)26-15-9(17(19,20)21)7-25-16(28-15)27-12-2-1-5-24-13(12)14(23)29/h1-2,5,7-8,10-11H,3-4,6,22H2,(H2,23,29)(H2,25,26,27,28)/t8-,10+,11+/m1/s1. The number of amides is 1. The zero-order chi connectivity index (χ0) is 21.2. The molecule has 2 aromatic rings. The van der Waals surface area contributed by atoms with E-state index in [1.54, 1.807) is 0 Å². The number of nitrogens with one attached hydrogen (secondary N) is 2. The van der Waals surface area contributed by atoms with Gasteiger partial charge in [-0.05, 0) is 25.0 Å². The highest BCUT2D eigenvalue weighted by molar-refractivity contribution is 5.96. The van der Waals surface area contributed by atoms with E-state index < -0.39 is 41.7 Å². The lowest BCUT2D eigenvalue weighted by Gasteiger charge is -2.30. The van der Waals surface area contributed by atoms with Gasteiger partial charge in [-0.3, -0.25) is 4.79 Å². The molecule has 2 heterocycles. The van der Waals surface area contributed by atoms with Crippen LogP contribution in [0.2, 0.25) is 0 Å². The number of nitrogens with two attached hydrogens (primary N) is 2. The van der Waals surface area contributed by atoms with Gasteiger partial charge in [-0.25, -0.2) is 14.4 Å². The van der Waals surface area contributed by atoms with E-state index in [0.29, 0.717) is 19.0 Å². The molecule has 1 aliphatic rings. The summed E-state index contributed by atoms with van der Waals surface area (Å²) in [6.45, 7) is 0. The fourth-order valence-electron chi connectivity index (χ4n) is 3.05. The Morgan fingerprint density at radius 3 is 2.66 bits per heavy atom. The number of nitrogens with zero attached hydrogens (tertiary/aromatic N) is 3. The van der Waals surface area contributed by atoms with Crippen LogP contribution in [0.3, 0.4) is 0 Å². The molecular weight excluding hydrogens is 394 g/mol. The summed E-state index contributed by atoms with van der Waals surface area (Å²) >= 11 is 0. The van der Waals surface area contributed by atoms with Crippen LogP contribution in [-0.4, -0.2) is 39.1 Å². The lowest BCUT2D eigenvalue weighted by atomic mass is 9.90. The average molecular weight is 413 g/mol. The van der Waals surface area contributed by atoms with E-state index in [0.717, 1.165) is 0 Å². The minimum atomic E-state index is -4.71. The van der Waals surface area contributed by atoms with Gasteiger partial charge in [0, 0.05) is 30.9 Å². The Morgan fingerprint density at radius 1 is 1.24 bits per heavy atom. The number of rotatable bonds is 5. The highest BCUT2D eigenvalue weighted by Crippen LogP contribution is 2.35. The molecule has 3 rings (SSSR count). The zero-order valence-electron chi connectivity index (χ0n) is 15.1. The molecule has 0 radical (unpaired) electrons. The van der Waals surface area contributed by atoms with Crippen LogP contribution >= 0.6 is 0 Å². The molecule has 1 aliphatic carbocycles. The number of halogens is 4. The summed E-state index contributed by atoms with van der Waals surface area (Å²) in [5, 5.41) is 5.30. The molecule has 0 aliphatic heterocycles. The van der Waals surface area contributed by atoms with Crippen LogP contribution in [0.4, 0.5) is 35.0 Å². The topological polar surface area (TPSA) is 132 Å². The van der Waals surface area contributed by atoms with Gasteiger partial charge in [0.1, 0.15) is 17.6 Å². The minimum Gasteiger partial charge on any atom is -0.367 e. The van der Waals surface area contributed by atoms with Crippen LogP contribution in [0.1, 0.15) is 35.3 Å². The van der Waals surface area contributed by atoms with E-state index >= 15 is 0 Å². The zero-order valence-corrected chi connectivity index (χ0v) is 15.1. The summed E-state index contributed by atoms with van der Waals surface area (Å²) < 4.78 is 54.0. The molecule has 29 heavy (non-hydrogen) atoms. The molecule has 0 spiro atoms. The Hall–Kier alpha value is -3.02. The Morgan fingerprint density at radius 2 is 2.00 bits per heavy atom. The van der Waals surface area contributed by atoms with Crippen molar-refractivity contribution in [3.05, 3.63) is 35.8 Å². The molecule has 0 aromatic carbocycles. The maximum atomic E-state index is 13.9. The molecule has 1 saturated carbocycles. The Labute approximate surface area is 163 Å². The molecule has 1 fully saturated rings. The number of carbonyl (C=O) groups excluding carboxylic acids is 1. The van der Waals surface area contributed by atoms with Gasteiger partial charge in [0.25, 0.3) is 5.91 Å². The number of carbonyl (C=O) groups is 1. The Balaban J connectivity index is 1.89. The van der Waals surface area contributed by atoms with Crippen LogP contribution in [0.15, 0.2) is 24.5 Å². The van der Waals surface area contributed by atoms with E-state index in [2.05, 4.69) is 25.6 Å². The van der Waals surface area contributed by atoms with Crippen molar-refractivity contribution < 1.29 is 22.4 Å². The third-order valence-corrected chi connectivity index (χ3v) is 4.55. The normalized spacial score (nSPS) is 22.2. The van der Waals surface area contributed by atoms with Crippen LogP contribution in [0.5, 0.6) is 0 Å². The van der Waals surface area contributed by atoms with Gasteiger partial charge >= 0.3 is 6.18 Å². The van der Waals surface area contributed by atoms with Crippen molar-refractivity contribution in [1.82, 2.24) is 15.0 Å². The monoisotopic (exact) mass is 413 g/mol. The molecule has 156 valence electrons. The van der Waals surface area contributed by atoms with Crippen molar-refractivity contribution in [3.63, 3.8) is 0 Å². The fourth-order valence-corrected chi connectivity index (χ4v) is 3.05. The van der Waals surface area contributed by atoms with E-state index in [-0.39, 0.29) is 23.8 Å². The first-order valence-corrected chi connectivity index (χ1v) is 8.77. The molecule has 12 heteroatoms. The van der Waals surface area contributed by atoms with Crippen LogP contribution < -0.4 is 22.1 Å². The van der Waals surface area contributed by atoms with Gasteiger partial charge in [-0.15, -0.1) is 0 Å². The third-order valence-electron chi connectivity index (χ3n) is 4.55. The van der Waals surface area contributed by atoms with Crippen molar-refractivity contribution in [1.29, 1.82) is 0 Å². The van der Waals surface area contributed by atoms with Gasteiger partial charge in [0.15, 0.2) is 5.69 Å². The predicted octanol–water partition coefficient (Wildman–Crippen LogP) is 2.36. The third kappa shape index (κ3) is 4.88. The van der Waals surface area contributed by atoms with Gasteiger partial charge < -0.3 is 22.1 Å². The van der Waals surface area contributed by atoms with E-state index in [9.17, 15) is 22.4 Å². The van der Waals surface area contributed by atoms with Crippen molar-refractivity contribution in [2.75, 3.05) is 10.6 Å². The largest absolute Gasteiger partial charge is 0.421 e. The fraction of sp³-hybridized carbons (Fsp3) is 0.412. The molecule has 0 saturated heterocycles. The first-order chi connectivity index (χ1) is 13.6. The van der Waals surface area contributed by atoms with Gasteiger partial charge in [-0.2, -0.15) is 18.2 Å². The van der Waals surface area contributed by atoms with Crippen molar-refractivity contribution in [3.8, 4) is 0 Å². The summed E-state index contributed by atoms with van der Waals surface area (Å²) in [6.07, 6.45) is -3.36.